The summed E-state index contributed by atoms with van der Waals surface area (Å²) in [5, 5.41) is 12.8. The van der Waals surface area contributed by atoms with Gasteiger partial charge in [0.05, 0.1) is 23.0 Å². The molecule has 37 heavy (non-hydrogen) atoms. The summed E-state index contributed by atoms with van der Waals surface area (Å²) in [6.07, 6.45) is 6.35. The van der Waals surface area contributed by atoms with Gasteiger partial charge >= 0.3 is 0 Å². The predicted octanol–water partition coefficient (Wildman–Crippen LogP) is 4.31. The number of hydrogen-bond acceptors (Lipinski definition) is 7. The van der Waals surface area contributed by atoms with Gasteiger partial charge < -0.3 is 14.8 Å². The van der Waals surface area contributed by atoms with Crippen molar-refractivity contribution in [2.75, 3.05) is 12.1 Å². The van der Waals surface area contributed by atoms with E-state index in [1.165, 1.54) is 18.0 Å². The van der Waals surface area contributed by atoms with Crippen LogP contribution in [0, 0.1) is 20.8 Å². The molecule has 4 heterocycles. The first-order valence-corrected chi connectivity index (χ1v) is 11.7. The van der Waals surface area contributed by atoms with Gasteiger partial charge in [0.15, 0.2) is 23.0 Å². The Hall–Kier alpha value is -4.99. The van der Waals surface area contributed by atoms with Gasteiger partial charge in [-0.15, -0.1) is 0 Å². The number of aromatic nitrogens is 6. The van der Waals surface area contributed by atoms with Crippen molar-refractivity contribution in [1.82, 2.24) is 29.5 Å². The van der Waals surface area contributed by atoms with E-state index in [2.05, 4.69) is 38.5 Å². The first-order chi connectivity index (χ1) is 18.0. The van der Waals surface area contributed by atoms with Crippen LogP contribution in [0.5, 0.6) is 11.5 Å². The third kappa shape index (κ3) is 4.18. The van der Waals surface area contributed by atoms with Crippen LogP contribution in [0.15, 0.2) is 61.1 Å². The highest BCUT2D eigenvalue weighted by Gasteiger charge is 2.18. The maximum absolute atomic E-state index is 12.8. The lowest BCUT2D eigenvalue weighted by Gasteiger charge is -2.09. The SMILES string of the molecule is Cc1ccc(-n2ncc3c(-n4nc(C)cc4NC(=O)/C=C/c4ccc5c(c4)OCO5)ncnc32)c(C)c1. The molecule has 1 aliphatic rings. The molecule has 0 radical (unpaired) electrons. The van der Waals surface area contributed by atoms with Crippen LogP contribution in [0.25, 0.3) is 28.6 Å². The minimum Gasteiger partial charge on any atom is -0.454 e. The van der Waals surface area contributed by atoms with E-state index in [9.17, 15) is 4.79 Å². The molecule has 6 rings (SSSR count). The van der Waals surface area contributed by atoms with Crippen molar-refractivity contribution in [3.63, 3.8) is 0 Å². The quantitative estimate of drug-likeness (QED) is 0.364. The lowest BCUT2D eigenvalue weighted by molar-refractivity contribution is -0.111. The highest BCUT2D eigenvalue weighted by molar-refractivity contribution is 6.01. The third-order valence-corrected chi connectivity index (χ3v) is 6.03. The van der Waals surface area contributed by atoms with Gasteiger partial charge in [-0.05, 0) is 56.2 Å². The molecular weight excluding hydrogens is 470 g/mol. The Bertz CT molecular complexity index is 1700. The van der Waals surface area contributed by atoms with E-state index in [0.29, 0.717) is 34.2 Å². The summed E-state index contributed by atoms with van der Waals surface area (Å²) in [6, 6.07) is 13.5. The number of nitrogens with one attached hydrogen (secondary N) is 1. The largest absolute Gasteiger partial charge is 0.454 e. The second kappa shape index (κ2) is 8.90. The number of aryl methyl sites for hydroxylation is 3. The molecule has 184 valence electrons. The van der Waals surface area contributed by atoms with Crippen LogP contribution >= 0.6 is 0 Å². The molecule has 0 saturated heterocycles. The van der Waals surface area contributed by atoms with E-state index in [-0.39, 0.29) is 12.7 Å². The zero-order valence-electron chi connectivity index (χ0n) is 20.5. The fourth-order valence-corrected chi connectivity index (χ4v) is 4.33. The maximum Gasteiger partial charge on any atom is 0.249 e. The molecule has 1 aliphatic heterocycles. The predicted molar refractivity (Wildman–Crippen MR) is 138 cm³/mol. The van der Waals surface area contributed by atoms with E-state index in [1.807, 2.05) is 44.2 Å². The van der Waals surface area contributed by atoms with E-state index < -0.39 is 0 Å². The molecule has 1 amide bonds. The zero-order valence-corrected chi connectivity index (χ0v) is 20.5. The average molecular weight is 494 g/mol. The Balaban J connectivity index is 1.31. The highest BCUT2D eigenvalue weighted by atomic mass is 16.7. The molecule has 3 aromatic heterocycles. The monoisotopic (exact) mass is 493 g/mol. The van der Waals surface area contributed by atoms with Crippen LogP contribution in [-0.2, 0) is 4.79 Å². The molecule has 10 heteroatoms. The molecule has 0 saturated carbocycles. The van der Waals surface area contributed by atoms with E-state index in [1.54, 1.807) is 27.7 Å². The minimum absolute atomic E-state index is 0.201. The molecule has 0 fully saturated rings. The topological polar surface area (TPSA) is 109 Å². The number of nitrogens with zero attached hydrogens (tertiary/aromatic N) is 6. The summed E-state index contributed by atoms with van der Waals surface area (Å²) < 4.78 is 14.1. The summed E-state index contributed by atoms with van der Waals surface area (Å²) in [7, 11) is 0. The van der Waals surface area contributed by atoms with Crippen molar-refractivity contribution in [2.45, 2.75) is 20.8 Å². The Morgan fingerprint density at radius 1 is 1.00 bits per heavy atom. The van der Waals surface area contributed by atoms with Gasteiger partial charge in [0, 0.05) is 12.1 Å². The van der Waals surface area contributed by atoms with Gasteiger partial charge in [-0.1, -0.05) is 23.8 Å². The lowest BCUT2D eigenvalue weighted by Crippen LogP contribution is -2.13. The summed E-state index contributed by atoms with van der Waals surface area (Å²) in [5.41, 5.74) is 5.38. The molecule has 0 bridgehead atoms. The third-order valence-electron chi connectivity index (χ3n) is 6.03. The van der Waals surface area contributed by atoms with Crippen LogP contribution in [-0.4, -0.2) is 42.2 Å². The van der Waals surface area contributed by atoms with Crippen molar-refractivity contribution < 1.29 is 14.3 Å². The van der Waals surface area contributed by atoms with Crippen molar-refractivity contribution in [1.29, 1.82) is 0 Å². The number of anilines is 1. The van der Waals surface area contributed by atoms with Gasteiger partial charge in [0.2, 0.25) is 12.7 Å². The Morgan fingerprint density at radius 3 is 2.73 bits per heavy atom. The summed E-state index contributed by atoms with van der Waals surface area (Å²) in [5.74, 6) is 2.04. The number of fused-ring (bicyclic) bond motifs is 2. The van der Waals surface area contributed by atoms with Gasteiger partial charge in [-0.2, -0.15) is 14.9 Å². The van der Waals surface area contributed by atoms with Gasteiger partial charge in [-0.3, -0.25) is 4.79 Å². The summed E-state index contributed by atoms with van der Waals surface area (Å²) in [6.45, 7) is 6.15. The Labute approximate surface area is 212 Å². The van der Waals surface area contributed by atoms with Crippen molar-refractivity contribution in [2.24, 2.45) is 0 Å². The minimum atomic E-state index is -0.310. The lowest BCUT2D eigenvalue weighted by atomic mass is 10.1. The van der Waals surface area contributed by atoms with Gasteiger partial charge in [0.25, 0.3) is 0 Å². The molecule has 5 aromatic rings. The fraction of sp³-hybridized carbons (Fsp3) is 0.148. The molecule has 0 unspecified atom stereocenters. The molecular formula is C27H23N7O3. The molecule has 10 nitrogen and oxygen atoms in total. The number of benzene rings is 2. The normalized spacial score (nSPS) is 12.5. The van der Waals surface area contributed by atoms with Crippen molar-refractivity contribution >= 4 is 28.8 Å². The van der Waals surface area contributed by atoms with Crippen LogP contribution in [0.2, 0.25) is 0 Å². The van der Waals surface area contributed by atoms with Crippen molar-refractivity contribution in [3.05, 3.63) is 83.4 Å². The maximum atomic E-state index is 12.8. The molecule has 0 atom stereocenters. The zero-order chi connectivity index (χ0) is 25.5. The summed E-state index contributed by atoms with van der Waals surface area (Å²) in [4.78, 5) is 21.7. The van der Waals surface area contributed by atoms with Crippen LogP contribution in [0.1, 0.15) is 22.4 Å². The average Bonchev–Trinajstić information content (AvgIpc) is 3.61. The summed E-state index contributed by atoms with van der Waals surface area (Å²) >= 11 is 0. The number of rotatable bonds is 5. The van der Waals surface area contributed by atoms with Crippen LogP contribution in [0.3, 0.4) is 0 Å². The van der Waals surface area contributed by atoms with Gasteiger partial charge in [0.1, 0.15) is 12.1 Å². The standard InChI is InChI=1S/C27H23N7O3/c1-16-4-7-21(17(2)10-16)33-26-20(13-30-33)27(29-14-28-26)34-24(11-18(3)32-34)31-25(35)9-6-19-5-8-22-23(12-19)37-15-36-22/h4-14H,15H2,1-3H3,(H,31,35)/b9-6+. The second-order valence-corrected chi connectivity index (χ2v) is 8.80. The second-order valence-electron chi connectivity index (χ2n) is 8.80. The molecule has 1 N–H and O–H groups in total. The molecule has 0 aliphatic carbocycles. The number of amides is 1. The van der Waals surface area contributed by atoms with Crippen LogP contribution < -0.4 is 14.8 Å². The van der Waals surface area contributed by atoms with E-state index >= 15 is 0 Å². The highest BCUT2D eigenvalue weighted by Crippen LogP contribution is 2.33. The number of ether oxygens (including phenoxy) is 2. The smallest absolute Gasteiger partial charge is 0.249 e. The number of carbonyl (C=O) groups excluding carboxylic acids is 1. The number of carbonyl (C=O) groups is 1. The van der Waals surface area contributed by atoms with Gasteiger partial charge in [-0.25, -0.2) is 14.6 Å². The molecule has 0 spiro atoms. The van der Waals surface area contributed by atoms with Crippen molar-refractivity contribution in [3.8, 4) is 23.0 Å². The van der Waals surface area contributed by atoms with Crippen LogP contribution in [0.4, 0.5) is 5.82 Å². The van der Waals surface area contributed by atoms with E-state index in [4.69, 9.17) is 9.47 Å². The fourth-order valence-electron chi connectivity index (χ4n) is 4.33. The Kier molecular flexibility index (Phi) is 5.41. The Morgan fingerprint density at radius 2 is 1.86 bits per heavy atom. The first-order valence-electron chi connectivity index (χ1n) is 11.7. The van der Waals surface area contributed by atoms with E-state index in [0.717, 1.165) is 22.5 Å². The molecule has 2 aromatic carbocycles. The number of hydrogen-bond donors (Lipinski definition) is 1. The first kappa shape index (κ1) is 22.5.